The van der Waals surface area contributed by atoms with Gasteiger partial charge in [-0.1, -0.05) is 26.8 Å². The molecule has 0 atom stereocenters. The van der Waals surface area contributed by atoms with Crippen LogP contribution in [0.25, 0.3) is 11.3 Å². The number of aromatic nitrogens is 2. The van der Waals surface area contributed by atoms with Gasteiger partial charge in [-0.25, -0.2) is 0 Å². The molecule has 0 amide bonds. The van der Waals surface area contributed by atoms with Gasteiger partial charge in [-0.15, -0.1) is 0 Å². The summed E-state index contributed by atoms with van der Waals surface area (Å²) in [6.07, 6.45) is 0. The third kappa shape index (κ3) is 2.61. The number of benzene rings is 1. The van der Waals surface area contributed by atoms with Crippen LogP contribution in [0.1, 0.15) is 26.3 Å². The Kier molecular flexibility index (Phi) is 3.58. The van der Waals surface area contributed by atoms with Crippen LogP contribution in [0.15, 0.2) is 22.7 Å². The zero-order valence-electron chi connectivity index (χ0n) is 11.5. The number of nitrogens with one attached hydrogen (secondary N) is 1. The van der Waals surface area contributed by atoms with Crippen molar-refractivity contribution in [2.24, 2.45) is 0 Å². The molecule has 0 bridgehead atoms. The Labute approximate surface area is 121 Å². The second-order valence-corrected chi connectivity index (χ2v) is 6.26. The third-order valence-electron chi connectivity index (χ3n) is 3.07. The van der Waals surface area contributed by atoms with Crippen molar-refractivity contribution >= 4 is 21.7 Å². The lowest BCUT2D eigenvalue weighted by molar-refractivity contribution is 0.415. The Morgan fingerprint density at radius 1 is 1.32 bits per heavy atom. The highest BCUT2D eigenvalue weighted by atomic mass is 79.9. The maximum atomic E-state index is 5.76. The molecule has 0 fully saturated rings. The lowest BCUT2D eigenvalue weighted by Gasteiger charge is -2.21. The van der Waals surface area contributed by atoms with Gasteiger partial charge in [0, 0.05) is 5.56 Å². The molecular formula is C14H18BrN3O. The lowest BCUT2D eigenvalue weighted by atomic mass is 9.85. The molecule has 1 heterocycles. The molecule has 3 N–H and O–H groups in total. The van der Waals surface area contributed by atoms with Crippen LogP contribution in [-0.2, 0) is 5.41 Å². The van der Waals surface area contributed by atoms with Gasteiger partial charge in [-0.3, -0.25) is 5.10 Å². The van der Waals surface area contributed by atoms with Gasteiger partial charge < -0.3 is 10.5 Å². The fraction of sp³-hybridized carbons (Fsp3) is 0.357. The fourth-order valence-electron chi connectivity index (χ4n) is 1.89. The molecule has 1 aromatic heterocycles. The van der Waals surface area contributed by atoms with E-state index in [1.54, 1.807) is 7.11 Å². The number of methoxy groups -OCH3 is 1. The lowest BCUT2D eigenvalue weighted by Crippen LogP contribution is -2.11. The highest BCUT2D eigenvalue weighted by Gasteiger charge is 2.19. The van der Waals surface area contributed by atoms with E-state index in [1.165, 1.54) is 5.56 Å². The molecule has 0 aliphatic rings. The molecule has 0 aliphatic heterocycles. The standard InChI is InChI=1S/C14H18BrN3O/c1-14(2,3)8-5-6-10(19-4)9(7-8)12-11(15)13(16)18-17-12/h5-7H,1-4H3,(H3,16,17,18). The highest BCUT2D eigenvalue weighted by Crippen LogP contribution is 2.38. The Morgan fingerprint density at radius 2 is 2.00 bits per heavy atom. The van der Waals surface area contributed by atoms with E-state index in [0.717, 1.165) is 21.5 Å². The highest BCUT2D eigenvalue weighted by molar-refractivity contribution is 9.10. The molecule has 1 aromatic carbocycles. The van der Waals surface area contributed by atoms with Gasteiger partial charge in [0.15, 0.2) is 5.82 Å². The number of hydrogen-bond donors (Lipinski definition) is 2. The van der Waals surface area contributed by atoms with Crippen LogP contribution in [0.5, 0.6) is 5.75 Å². The number of H-pyrrole nitrogens is 1. The predicted molar refractivity (Wildman–Crippen MR) is 81.4 cm³/mol. The van der Waals surface area contributed by atoms with Crippen molar-refractivity contribution in [1.29, 1.82) is 0 Å². The van der Waals surface area contributed by atoms with Gasteiger partial charge in [0.2, 0.25) is 0 Å². The molecule has 0 radical (unpaired) electrons. The van der Waals surface area contributed by atoms with E-state index in [4.69, 9.17) is 10.5 Å². The Morgan fingerprint density at radius 3 is 2.47 bits per heavy atom. The van der Waals surface area contributed by atoms with E-state index in [1.807, 2.05) is 6.07 Å². The van der Waals surface area contributed by atoms with Crippen LogP contribution < -0.4 is 10.5 Å². The average molecular weight is 324 g/mol. The first-order valence-electron chi connectivity index (χ1n) is 6.03. The Balaban J connectivity index is 2.63. The monoisotopic (exact) mass is 323 g/mol. The molecule has 102 valence electrons. The molecule has 5 heteroatoms. The number of nitrogen functional groups attached to an aromatic ring is 1. The van der Waals surface area contributed by atoms with Gasteiger partial charge in [0.1, 0.15) is 5.75 Å². The minimum absolute atomic E-state index is 0.0685. The molecule has 0 saturated carbocycles. The van der Waals surface area contributed by atoms with Crippen LogP contribution in [-0.4, -0.2) is 17.3 Å². The number of nitrogens with zero attached hydrogens (tertiary/aromatic N) is 1. The summed E-state index contributed by atoms with van der Waals surface area (Å²) in [6, 6.07) is 6.16. The molecule has 2 aromatic rings. The van der Waals surface area contributed by atoms with Crippen molar-refractivity contribution in [3.8, 4) is 17.0 Å². The molecule has 2 rings (SSSR count). The number of nitrogens with two attached hydrogens (primary N) is 1. The van der Waals surface area contributed by atoms with Crippen molar-refractivity contribution in [1.82, 2.24) is 10.2 Å². The van der Waals surface area contributed by atoms with Gasteiger partial charge in [0.05, 0.1) is 17.3 Å². The molecule has 0 saturated heterocycles. The second kappa shape index (κ2) is 4.89. The molecule has 19 heavy (non-hydrogen) atoms. The van der Waals surface area contributed by atoms with E-state index in [2.05, 4.69) is 59.0 Å². The first-order valence-corrected chi connectivity index (χ1v) is 6.82. The Bertz CT molecular complexity index is 599. The smallest absolute Gasteiger partial charge is 0.160 e. The van der Waals surface area contributed by atoms with E-state index >= 15 is 0 Å². The van der Waals surface area contributed by atoms with E-state index in [9.17, 15) is 0 Å². The molecule has 0 spiro atoms. The molecule has 4 nitrogen and oxygen atoms in total. The number of halogens is 1. The number of hydrogen-bond acceptors (Lipinski definition) is 3. The first-order chi connectivity index (χ1) is 8.84. The van der Waals surface area contributed by atoms with Crippen LogP contribution >= 0.6 is 15.9 Å². The summed E-state index contributed by atoms with van der Waals surface area (Å²) in [5.41, 5.74) is 8.84. The summed E-state index contributed by atoms with van der Waals surface area (Å²) in [7, 11) is 1.66. The maximum Gasteiger partial charge on any atom is 0.160 e. The number of rotatable bonds is 2. The third-order valence-corrected chi connectivity index (χ3v) is 3.87. The Hall–Kier alpha value is -1.49. The summed E-state index contributed by atoms with van der Waals surface area (Å²) < 4.78 is 6.18. The largest absolute Gasteiger partial charge is 0.496 e. The topological polar surface area (TPSA) is 63.9 Å². The van der Waals surface area contributed by atoms with E-state index < -0.39 is 0 Å². The fourth-order valence-corrected chi connectivity index (χ4v) is 2.28. The zero-order chi connectivity index (χ0) is 14.2. The van der Waals surface area contributed by atoms with Crippen LogP contribution in [0.3, 0.4) is 0 Å². The van der Waals surface area contributed by atoms with Crippen molar-refractivity contribution < 1.29 is 4.74 Å². The summed E-state index contributed by atoms with van der Waals surface area (Å²) in [5.74, 6) is 1.23. The predicted octanol–water partition coefficient (Wildman–Crippen LogP) is 3.73. The average Bonchev–Trinajstić information content (AvgIpc) is 2.68. The quantitative estimate of drug-likeness (QED) is 0.885. The van der Waals surface area contributed by atoms with E-state index in [-0.39, 0.29) is 5.41 Å². The SMILES string of the molecule is COc1ccc(C(C)(C)C)cc1-c1[nH]nc(N)c1Br. The van der Waals surface area contributed by atoms with Crippen LogP contribution in [0.4, 0.5) is 5.82 Å². The van der Waals surface area contributed by atoms with Crippen molar-refractivity contribution in [2.45, 2.75) is 26.2 Å². The minimum Gasteiger partial charge on any atom is -0.496 e. The first kappa shape index (κ1) is 13.9. The van der Waals surface area contributed by atoms with Crippen LogP contribution in [0, 0.1) is 0 Å². The summed E-state index contributed by atoms with van der Waals surface area (Å²) in [4.78, 5) is 0. The molecular weight excluding hydrogens is 306 g/mol. The number of ether oxygens (including phenoxy) is 1. The summed E-state index contributed by atoms with van der Waals surface area (Å²) >= 11 is 3.45. The number of anilines is 1. The molecule has 0 unspecified atom stereocenters. The van der Waals surface area contributed by atoms with Gasteiger partial charge in [0.25, 0.3) is 0 Å². The maximum absolute atomic E-state index is 5.76. The second-order valence-electron chi connectivity index (χ2n) is 5.46. The molecule has 0 aliphatic carbocycles. The van der Waals surface area contributed by atoms with Gasteiger partial charge in [-0.2, -0.15) is 5.10 Å². The summed E-state index contributed by atoms with van der Waals surface area (Å²) in [5, 5.41) is 6.95. The number of aromatic amines is 1. The van der Waals surface area contributed by atoms with Crippen molar-refractivity contribution in [3.63, 3.8) is 0 Å². The van der Waals surface area contributed by atoms with Crippen molar-refractivity contribution in [2.75, 3.05) is 12.8 Å². The normalized spacial score (nSPS) is 11.6. The van der Waals surface area contributed by atoms with Crippen molar-refractivity contribution in [3.05, 3.63) is 28.2 Å². The summed E-state index contributed by atoms with van der Waals surface area (Å²) in [6.45, 7) is 6.53. The van der Waals surface area contributed by atoms with Crippen LogP contribution in [0.2, 0.25) is 0 Å². The zero-order valence-corrected chi connectivity index (χ0v) is 13.1. The van der Waals surface area contributed by atoms with E-state index in [0.29, 0.717) is 5.82 Å². The minimum atomic E-state index is 0.0685. The van der Waals surface area contributed by atoms with Gasteiger partial charge in [-0.05, 0) is 39.0 Å². The van der Waals surface area contributed by atoms with Gasteiger partial charge >= 0.3 is 0 Å².